The van der Waals surface area contributed by atoms with Crippen LogP contribution in [0.5, 0.6) is 0 Å². The number of aromatic carboxylic acids is 1. The maximum absolute atomic E-state index is 11.5. The second-order valence-electron chi connectivity index (χ2n) is 6.65. The van der Waals surface area contributed by atoms with Crippen LogP contribution in [0.4, 0.5) is 22.7 Å². The van der Waals surface area contributed by atoms with E-state index in [0.29, 0.717) is 0 Å². The Balaban J connectivity index is 0. The molecule has 0 unspecified atom stereocenters. The third kappa shape index (κ3) is 9.53. The zero-order valence-corrected chi connectivity index (χ0v) is 19.9. The zero-order chi connectivity index (χ0) is 29.0. The summed E-state index contributed by atoms with van der Waals surface area (Å²) in [6, 6.07) is 3.32. The molecule has 2 aromatic rings. The monoisotopic (exact) mass is 542 g/mol. The molecule has 17 heteroatoms. The number of benzene rings is 2. The standard InChI is InChI=1S/C10H10N2O6.C8H6N2O6.C2H6O.CH4/c1-3-18-10(13)8-4-7(11(14)15)5-9(6(8)2)12(16)17;1-4-6(8(11)12)2-5(9(13)14)3-7(4)10(15)16;1-2-3;/h4-5H,3H2,1-2H3;2-3H,1H3,(H,11,12);3H,2H2,1H3;1H4. The fourth-order valence-electron chi connectivity index (χ4n) is 2.60. The van der Waals surface area contributed by atoms with E-state index in [1.807, 2.05) is 0 Å². The molecule has 0 saturated carbocycles. The first kappa shape index (κ1) is 35.1. The number of hydrogen-bond donors (Lipinski definition) is 2. The van der Waals surface area contributed by atoms with Crippen molar-refractivity contribution in [1.29, 1.82) is 0 Å². The van der Waals surface area contributed by atoms with Crippen molar-refractivity contribution in [2.75, 3.05) is 13.2 Å². The van der Waals surface area contributed by atoms with Gasteiger partial charge in [0.05, 0.1) is 49.6 Å². The number of non-ortho nitro benzene ring substituents is 2. The molecule has 0 radical (unpaired) electrons. The van der Waals surface area contributed by atoms with Gasteiger partial charge < -0.3 is 14.9 Å². The minimum absolute atomic E-state index is 0. The molecule has 0 aliphatic rings. The first-order chi connectivity index (χ1) is 17.1. The number of esters is 1. The number of nitro groups is 4. The lowest BCUT2D eigenvalue weighted by molar-refractivity contribution is -0.394. The molecule has 0 amide bonds. The minimum atomic E-state index is -1.44. The van der Waals surface area contributed by atoms with Crippen molar-refractivity contribution >= 4 is 34.7 Å². The number of rotatable bonds is 7. The van der Waals surface area contributed by atoms with Crippen molar-refractivity contribution in [2.45, 2.75) is 35.1 Å². The Morgan fingerprint density at radius 3 is 1.39 bits per heavy atom. The van der Waals surface area contributed by atoms with Crippen LogP contribution in [0.15, 0.2) is 24.3 Å². The van der Waals surface area contributed by atoms with Crippen LogP contribution in [0.2, 0.25) is 0 Å². The number of aliphatic hydroxyl groups excluding tert-OH is 1. The molecular formula is C21H26N4O13. The molecule has 2 rings (SSSR count). The Morgan fingerprint density at radius 2 is 1.11 bits per heavy atom. The number of carbonyl (C=O) groups excluding carboxylic acids is 1. The highest BCUT2D eigenvalue weighted by atomic mass is 16.6. The third-order valence-corrected chi connectivity index (χ3v) is 4.27. The summed E-state index contributed by atoms with van der Waals surface area (Å²) in [6.45, 7) is 6.15. The number of aliphatic hydroxyl groups is 1. The molecular weight excluding hydrogens is 516 g/mol. The lowest BCUT2D eigenvalue weighted by Crippen LogP contribution is -2.09. The number of carboxylic acid groups (broad SMARTS) is 1. The summed E-state index contributed by atoms with van der Waals surface area (Å²) in [4.78, 5) is 61.4. The smallest absolute Gasteiger partial charge is 0.338 e. The number of hydrogen-bond acceptors (Lipinski definition) is 12. The molecule has 17 nitrogen and oxygen atoms in total. The summed E-state index contributed by atoms with van der Waals surface area (Å²) < 4.78 is 4.69. The van der Waals surface area contributed by atoms with Gasteiger partial charge in [0.1, 0.15) is 0 Å². The average molecular weight is 542 g/mol. The predicted molar refractivity (Wildman–Crippen MR) is 131 cm³/mol. The molecule has 0 bridgehead atoms. The molecule has 208 valence electrons. The van der Waals surface area contributed by atoms with Gasteiger partial charge >= 0.3 is 11.9 Å². The van der Waals surface area contributed by atoms with Crippen LogP contribution in [-0.2, 0) is 4.74 Å². The van der Waals surface area contributed by atoms with E-state index in [1.54, 1.807) is 13.8 Å². The van der Waals surface area contributed by atoms with Crippen LogP contribution < -0.4 is 0 Å². The van der Waals surface area contributed by atoms with Gasteiger partial charge in [-0.25, -0.2) is 9.59 Å². The number of nitro benzene ring substituents is 4. The van der Waals surface area contributed by atoms with E-state index in [0.717, 1.165) is 24.3 Å². The van der Waals surface area contributed by atoms with Gasteiger partial charge in [0, 0.05) is 29.9 Å². The third-order valence-electron chi connectivity index (χ3n) is 4.27. The Labute approximate surface area is 214 Å². The van der Waals surface area contributed by atoms with Crippen LogP contribution in [0.1, 0.15) is 53.1 Å². The molecule has 0 aliphatic carbocycles. The highest BCUT2D eigenvalue weighted by molar-refractivity contribution is 5.93. The molecule has 0 heterocycles. The zero-order valence-electron chi connectivity index (χ0n) is 19.9. The summed E-state index contributed by atoms with van der Waals surface area (Å²) in [5.74, 6) is -2.26. The molecule has 2 aromatic carbocycles. The van der Waals surface area contributed by atoms with Gasteiger partial charge in [0.25, 0.3) is 22.7 Å². The molecule has 0 saturated heterocycles. The van der Waals surface area contributed by atoms with Gasteiger partial charge in [-0.15, -0.1) is 0 Å². The largest absolute Gasteiger partial charge is 0.478 e. The van der Waals surface area contributed by atoms with Crippen molar-refractivity contribution in [3.05, 3.63) is 87.0 Å². The Bertz CT molecular complexity index is 1190. The van der Waals surface area contributed by atoms with Crippen molar-refractivity contribution in [3.8, 4) is 0 Å². The van der Waals surface area contributed by atoms with Crippen LogP contribution in [0.3, 0.4) is 0 Å². The SMILES string of the molecule is C.CCO.CCOC(=O)c1cc([N+](=O)[O-])cc([N+](=O)[O-])c1C.Cc1c(C(=O)O)cc([N+](=O)[O-])cc1[N+](=O)[O-]. The predicted octanol–water partition coefficient (Wildman–Crippen LogP) is 4.13. The second-order valence-corrected chi connectivity index (χ2v) is 6.65. The highest BCUT2D eigenvalue weighted by Crippen LogP contribution is 2.29. The normalized spacial score (nSPS) is 9.29. The van der Waals surface area contributed by atoms with E-state index < -0.39 is 59.9 Å². The van der Waals surface area contributed by atoms with Crippen LogP contribution in [0, 0.1) is 54.3 Å². The molecule has 0 aromatic heterocycles. The van der Waals surface area contributed by atoms with Gasteiger partial charge in [-0.2, -0.15) is 0 Å². The van der Waals surface area contributed by atoms with Crippen molar-refractivity contribution in [1.82, 2.24) is 0 Å². The van der Waals surface area contributed by atoms with Gasteiger partial charge in [0.15, 0.2) is 0 Å². The Hall–Kier alpha value is -5.06. The fraction of sp³-hybridized carbons (Fsp3) is 0.333. The molecule has 0 spiro atoms. The van der Waals surface area contributed by atoms with Crippen molar-refractivity contribution in [2.24, 2.45) is 0 Å². The average Bonchev–Trinajstić information content (AvgIpc) is 2.79. The Morgan fingerprint density at radius 1 is 0.763 bits per heavy atom. The van der Waals surface area contributed by atoms with Crippen LogP contribution in [0.25, 0.3) is 0 Å². The summed E-state index contributed by atoms with van der Waals surface area (Å²) in [7, 11) is 0. The van der Waals surface area contributed by atoms with E-state index >= 15 is 0 Å². The van der Waals surface area contributed by atoms with E-state index in [2.05, 4.69) is 0 Å². The maximum atomic E-state index is 11.5. The fourth-order valence-corrected chi connectivity index (χ4v) is 2.60. The Kier molecular flexibility index (Phi) is 14.6. The molecule has 0 fully saturated rings. The summed E-state index contributed by atoms with van der Waals surface area (Å²) in [6.07, 6.45) is 0. The maximum Gasteiger partial charge on any atom is 0.338 e. The number of ether oxygens (including phenoxy) is 1. The minimum Gasteiger partial charge on any atom is -0.478 e. The van der Waals surface area contributed by atoms with Gasteiger partial charge in [0.2, 0.25) is 0 Å². The van der Waals surface area contributed by atoms with Gasteiger partial charge in [-0.3, -0.25) is 40.5 Å². The number of carbonyl (C=O) groups is 2. The molecule has 0 atom stereocenters. The van der Waals surface area contributed by atoms with E-state index in [9.17, 15) is 50.0 Å². The van der Waals surface area contributed by atoms with Gasteiger partial charge in [-0.1, -0.05) is 7.43 Å². The molecule has 0 aliphatic heterocycles. The highest BCUT2D eigenvalue weighted by Gasteiger charge is 2.26. The topological polar surface area (TPSA) is 256 Å². The quantitative estimate of drug-likeness (QED) is 0.283. The second kappa shape index (κ2) is 15.8. The molecule has 2 N–H and O–H groups in total. The van der Waals surface area contributed by atoms with Crippen molar-refractivity contribution in [3.63, 3.8) is 0 Å². The van der Waals surface area contributed by atoms with E-state index in [1.165, 1.54) is 13.8 Å². The lowest BCUT2D eigenvalue weighted by atomic mass is 10.1. The van der Waals surface area contributed by atoms with E-state index in [4.69, 9.17) is 14.9 Å². The summed E-state index contributed by atoms with van der Waals surface area (Å²) in [5, 5.41) is 58.7. The van der Waals surface area contributed by atoms with Crippen LogP contribution in [-0.4, -0.2) is 55.1 Å². The molecule has 38 heavy (non-hydrogen) atoms. The summed E-state index contributed by atoms with van der Waals surface area (Å²) in [5.41, 5.74) is -2.87. The number of carboxylic acids is 1. The first-order valence-corrected chi connectivity index (χ1v) is 10.0. The van der Waals surface area contributed by atoms with E-state index in [-0.39, 0.29) is 37.3 Å². The van der Waals surface area contributed by atoms with Crippen LogP contribution >= 0.6 is 0 Å². The summed E-state index contributed by atoms with van der Waals surface area (Å²) >= 11 is 0. The van der Waals surface area contributed by atoms with Gasteiger partial charge in [-0.05, 0) is 27.7 Å². The van der Waals surface area contributed by atoms with Crippen molar-refractivity contribution < 1.29 is 44.2 Å². The lowest BCUT2D eigenvalue weighted by Gasteiger charge is -2.05. The first-order valence-electron chi connectivity index (χ1n) is 10.0. The number of nitrogens with zero attached hydrogens (tertiary/aromatic N) is 4.